The minimum absolute atomic E-state index is 0.143. The van der Waals surface area contributed by atoms with Crippen molar-refractivity contribution in [2.24, 2.45) is 0 Å². The Morgan fingerprint density at radius 3 is 2.09 bits per heavy atom. The molecule has 1 aromatic heterocycles. The molecule has 0 spiro atoms. The molecule has 0 aliphatic heterocycles. The molecule has 34 heavy (non-hydrogen) atoms. The number of hydrogen-bond acceptors (Lipinski definition) is 6. The molecule has 6 nitrogen and oxygen atoms in total. The first kappa shape index (κ1) is 23.4. The minimum Gasteiger partial charge on any atom is -0.490 e. The molecule has 1 aliphatic rings. The van der Waals surface area contributed by atoms with E-state index in [0.29, 0.717) is 30.6 Å². The lowest BCUT2D eigenvalue weighted by atomic mass is 9.88. The van der Waals surface area contributed by atoms with Crippen molar-refractivity contribution in [2.45, 2.75) is 39.2 Å². The van der Waals surface area contributed by atoms with Gasteiger partial charge in [0, 0.05) is 12.3 Å². The Hall–Kier alpha value is -3.80. The zero-order chi connectivity index (χ0) is 24.1. The third kappa shape index (κ3) is 4.76. The van der Waals surface area contributed by atoms with Crippen LogP contribution in [0.5, 0.6) is 23.1 Å². The van der Waals surface area contributed by atoms with E-state index in [1.54, 1.807) is 6.20 Å². The molecule has 0 fully saturated rings. The number of rotatable bonds is 10. The summed E-state index contributed by atoms with van der Waals surface area (Å²) in [5.41, 5.74) is 2.29. The summed E-state index contributed by atoms with van der Waals surface area (Å²) < 4.78 is 22.8. The smallest absolute Gasteiger partial charge is 0.324 e. The molecule has 1 unspecified atom stereocenters. The maximum Gasteiger partial charge on any atom is 0.324 e. The highest BCUT2D eigenvalue weighted by molar-refractivity contribution is 5.98. The van der Waals surface area contributed by atoms with Crippen molar-refractivity contribution in [3.8, 4) is 23.1 Å². The van der Waals surface area contributed by atoms with Gasteiger partial charge in [-0.05, 0) is 86.9 Å². The summed E-state index contributed by atoms with van der Waals surface area (Å²) in [5.74, 6) is 2.46. The molecule has 0 N–H and O–H groups in total. The van der Waals surface area contributed by atoms with Gasteiger partial charge in [-0.3, -0.25) is 4.79 Å². The van der Waals surface area contributed by atoms with Crippen LogP contribution in [-0.4, -0.2) is 30.3 Å². The van der Waals surface area contributed by atoms with Crippen LogP contribution in [0.3, 0.4) is 0 Å². The van der Waals surface area contributed by atoms with E-state index in [4.69, 9.17) is 18.9 Å². The number of carbonyl (C=O) groups excluding carboxylic acids is 1. The zero-order valence-corrected chi connectivity index (χ0v) is 19.9. The Kier molecular flexibility index (Phi) is 6.87. The van der Waals surface area contributed by atoms with Gasteiger partial charge >= 0.3 is 5.97 Å². The fourth-order valence-corrected chi connectivity index (χ4v) is 4.04. The second-order valence-corrected chi connectivity index (χ2v) is 8.23. The minimum atomic E-state index is -0.717. The van der Waals surface area contributed by atoms with E-state index in [0.717, 1.165) is 22.5 Å². The molecule has 0 bridgehead atoms. The number of esters is 1. The van der Waals surface area contributed by atoms with E-state index in [2.05, 4.69) is 4.98 Å². The van der Waals surface area contributed by atoms with Crippen LogP contribution in [0, 0.1) is 0 Å². The summed E-state index contributed by atoms with van der Waals surface area (Å²) in [6.45, 7) is 8.47. The highest BCUT2D eigenvalue weighted by Gasteiger charge is 2.56. The third-order valence-electron chi connectivity index (χ3n) is 6.00. The van der Waals surface area contributed by atoms with Crippen LogP contribution in [0.4, 0.5) is 0 Å². The first-order valence-electron chi connectivity index (χ1n) is 11.4. The molecule has 2 aromatic carbocycles. The fourth-order valence-electron chi connectivity index (χ4n) is 4.04. The average Bonchev–Trinajstić information content (AvgIpc) is 3.40. The molecule has 4 rings (SSSR count). The molecular weight excluding hydrogens is 430 g/mol. The molecule has 1 aliphatic carbocycles. The van der Waals surface area contributed by atoms with Gasteiger partial charge in [0.05, 0.1) is 6.61 Å². The van der Waals surface area contributed by atoms with E-state index in [1.165, 1.54) is 0 Å². The van der Waals surface area contributed by atoms with Gasteiger partial charge in [-0.1, -0.05) is 18.2 Å². The van der Waals surface area contributed by atoms with Crippen molar-refractivity contribution in [3.63, 3.8) is 0 Å². The van der Waals surface area contributed by atoms with Crippen LogP contribution in [0.25, 0.3) is 0 Å². The van der Waals surface area contributed by atoms with Crippen molar-refractivity contribution in [1.82, 2.24) is 4.98 Å². The molecule has 0 amide bonds. The number of carbonyl (C=O) groups is 1. The van der Waals surface area contributed by atoms with Crippen molar-refractivity contribution in [1.29, 1.82) is 0 Å². The van der Waals surface area contributed by atoms with Crippen molar-refractivity contribution >= 4 is 5.97 Å². The van der Waals surface area contributed by atoms with Crippen LogP contribution in [0.2, 0.25) is 0 Å². The zero-order valence-electron chi connectivity index (χ0n) is 19.9. The number of benzene rings is 2. The Morgan fingerprint density at radius 2 is 1.53 bits per heavy atom. The van der Waals surface area contributed by atoms with E-state index in [9.17, 15) is 4.79 Å². The molecule has 0 radical (unpaired) electrons. The van der Waals surface area contributed by atoms with Crippen molar-refractivity contribution < 1.29 is 23.7 Å². The van der Waals surface area contributed by atoms with Crippen LogP contribution in [0.15, 0.2) is 84.1 Å². The topological polar surface area (TPSA) is 66.9 Å². The first-order chi connectivity index (χ1) is 16.4. The summed E-state index contributed by atoms with van der Waals surface area (Å²) in [4.78, 5) is 16.8. The van der Waals surface area contributed by atoms with E-state index in [-0.39, 0.29) is 12.1 Å². The number of ether oxygens (including phenoxy) is 4. The van der Waals surface area contributed by atoms with E-state index >= 15 is 0 Å². The number of pyridine rings is 1. The average molecular weight is 460 g/mol. The molecular formula is C28H29NO5. The van der Waals surface area contributed by atoms with Gasteiger partial charge < -0.3 is 18.9 Å². The maximum atomic E-state index is 12.6. The van der Waals surface area contributed by atoms with Crippen LogP contribution < -0.4 is 14.2 Å². The van der Waals surface area contributed by atoms with Gasteiger partial charge in [-0.2, -0.15) is 0 Å². The first-order valence-corrected chi connectivity index (χ1v) is 11.4. The van der Waals surface area contributed by atoms with Crippen molar-refractivity contribution in [3.05, 3.63) is 89.6 Å². The predicted octanol–water partition coefficient (Wildman–Crippen LogP) is 5.87. The summed E-state index contributed by atoms with van der Waals surface area (Å²) in [6, 6.07) is 20.5. The van der Waals surface area contributed by atoms with Gasteiger partial charge in [-0.15, -0.1) is 0 Å². The van der Waals surface area contributed by atoms with E-state index < -0.39 is 5.41 Å². The van der Waals surface area contributed by atoms with Crippen molar-refractivity contribution in [2.75, 3.05) is 13.2 Å². The molecule has 0 saturated carbocycles. The maximum absolute atomic E-state index is 12.6. The Labute approximate surface area is 200 Å². The SMILES string of the molecule is CCOC(=O)C1(c2ccc(Oc3ccc(OCC(C)Oc4ccccn4)cc3)cc2)C(C)=C1C. The number of nitrogens with zero attached hydrogens (tertiary/aromatic N) is 1. The predicted molar refractivity (Wildman–Crippen MR) is 129 cm³/mol. The van der Waals surface area contributed by atoms with Gasteiger partial charge in [-0.25, -0.2) is 4.98 Å². The molecule has 1 atom stereocenters. The lowest BCUT2D eigenvalue weighted by molar-refractivity contribution is -0.145. The lowest BCUT2D eigenvalue weighted by Gasteiger charge is -2.18. The molecule has 0 saturated heterocycles. The standard InChI is InChI=1S/C28H29NO5/c1-5-31-27(30)28(20(3)21(28)4)22-9-11-24(12-10-22)34-25-15-13-23(14-16-25)32-18-19(2)33-26-8-6-7-17-29-26/h6-17,19H,5,18H2,1-4H3. The monoisotopic (exact) mass is 459 g/mol. The van der Waals surface area contributed by atoms with Gasteiger partial charge in [0.15, 0.2) is 0 Å². The quantitative estimate of drug-likeness (QED) is 0.279. The van der Waals surface area contributed by atoms with E-state index in [1.807, 2.05) is 94.4 Å². The van der Waals surface area contributed by atoms with Crippen LogP contribution in [0.1, 0.15) is 33.3 Å². The Bertz CT molecular complexity index is 1140. The second kappa shape index (κ2) is 10.00. The third-order valence-corrected chi connectivity index (χ3v) is 6.00. The largest absolute Gasteiger partial charge is 0.490 e. The second-order valence-electron chi connectivity index (χ2n) is 8.23. The Balaban J connectivity index is 1.32. The molecule has 176 valence electrons. The summed E-state index contributed by atoms with van der Waals surface area (Å²) in [6.07, 6.45) is 1.55. The Morgan fingerprint density at radius 1 is 0.912 bits per heavy atom. The summed E-state index contributed by atoms with van der Waals surface area (Å²) >= 11 is 0. The van der Waals surface area contributed by atoms with Gasteiger partial charge in [0.25, 0.3) is 0 Å². The highest BCUT2D eigenvalue weighted by atomic mass is 16.5. The lowest BCUT2D eigenvalue weighted by Crippen LogP contribution is -2.27. The van der Waals surface area contributed by atoms with Gasteiger partial charge in [0.2, 0.25) is 5.88 Å². The number of hydrogen-bond donors (Lipinski definition) is 0. The highest BCUT2D eigenvalue weighted by Crippen LogP contribution is 2.54. The summed E-state index contributed by atoms with van der Waals surface area (Å²) in [7, 11) is 0. The molecule has 6 heteroatoms. The molecule has 3 aromatic rings. The van der Waals surface area contributed by atoms with Gasteiger partial charge in [0.1, 0.15) is 35.4 Å². The number of aromatic nitrogens is 1. The normalized spacial score (nSPS) is 14.8. The van der Waals surface area contributed by atoms with Crippen LogP contribution in [-0.2, 0) is 14.9 Å². The summed E-state index contributed by atoms with van der Waals surface area (Å²) in [5, 5.41) is 0. The fraction of sp³-hybridized carbons (Fsp3) is 0.286. The molecule has 1 heterocycles. The van der Waals surface area contributed by atoms with Crippen LogP contribution >= 0.6 is 0 Å².